The molecule has 0 aliphatic carbocycles. The Morgan fingerprint density at radius 2 is 1.83 bits per heavy atom. The maximum absolute atomic E-state index is 13.1. The quantitative estimate of drug-likeness (QED) is 0.620. The van der Waals surface area contributed by atoms with Crippen LogP contribution in [0.15, 0.2) is 12.1 Å². The van der Waals surface area contributed by atoms with Gasteiger partial charge in [0.05, 0.1) is 18.6 Å². The molecular weight excluding hydrogens is 332 g/mol. The number of ether oxygens (including phenoxy) is 2. The number of alkyl halides is 6. The zero-order valence-corrected chi connectivity index (χ0v) is 11.5. The molecule has 0 atom stereocenters. The number of carbonyl (C=O) groups excluding carboxylic acids is 1. The first-order valence-electron chi connectivity index (χ1n) is 6.04. The molecule has 0 aliphatic rings. The normalized spacial score (nSPS) is 11.7. The lowest BCUT2D eigenvalue weighted by molar-refractivity contribution is -0.274. The van der Waals surface area contributed by atoms with Crippen molar-refractivity contribution < 1.29 is 40.6 Å². The van der Waals surface area contributed by atoms with Gasteiger partial charge in [-0.15, -0.1) is 13.2 Å². The number of hydrogen-bond donors (Lipinski definition) is 0. The molecule has 0 heterocycles. The van der Waals surface area contributed by atoms with Crippen molar-refractivity contribution in [2.45, 2.75) is 25.9 Å². The SMILES string of the molecule is CCOC(=O)Cc1ccc(OC(F)(F)F)c(C#N)c1C(F)(F)F. The largest absolute Gasteiger partial charge is 0.573 e. The molecule has 0 aliphatic heterocycles. The summed E-state index contributed by atoms with van der Waals surface area (Å²) in [7, 11) is 0. The second-order valence-electron chi connectivity index (χ2n) is 4.11. The fourth-order valence-corrected chi connectivity index (χ4v) is 1.79. The lowest BCUT2D eigenvalue weighted by Gasteiger charge is -2.17. The van der Waals surface area contributed by atoms with Gasteiger partial charge >= 0.3 is 18.5 Å². The Morgan fingerprint density at radius 1 is 1.22 bits per heavy atom. The average molecular weight is 341 g/mol. The van der Waals surface area contributed by atoms with Crippen LogP contribution in [0.4, 0.5) is 26.3 Å². The predicted octanol–water partition coefficient (Wildman–Crippen LogP) is 3.58. The summed E-state index contributed by atoms with van der Waals surface area (Å²) in [6.45, 7) is 1.35. The molecule has 0 radical (unpaired) electrons. The van der Waals surface area contributed by atoms with Crippen LogP contribution in [0, 0.1) is 11.3 Å². The molecule has 0 fully saturated rings. The van der Waals surface area contributed by atoms with Crippen molar-refractivity contribution in [1.82, 2.24) is 0 Å². The van der Waals surface area contributed by atoms with Gasteiger partial charge in [-0.25, -0.2) is 0 Å². The van der Waals surface area contributed by atoms with Crippen LogP contribution in [0.1, 0.15) is 23.6 Å². The van der Waals surface area contributed by atoms with Crippen molar-refractivity contribution in [3.63, 3.8) is 0 Å². The number of nitrogens with zero attached hydrogens (tertiary/aromatic N) is 1. The average Bonchev–Trinajstić information content (AvgIpc) is 2.37. The van der Waals surface area contributed by atoms with E-state index in [1.165, 1.54) is 6.92 Å². The molecule has 1 aromatic rings. The number of nitriles is 1. The van der Waals surface area contributed by atoms with Crippen LogP contribution in [-0.4, -0.2) is 18.9 Å². The van der Waals surface area contributed by atoms with Crippen molar-refractivity contribution in [2.24, 2.45) is 0 Å². The van der Waals surface area contributed by atoms with Crippen LogP contribution >= 0.6 is 0 Å². The Morgan fingerprint density at radius 3 is 2.26 bits per heavy atom. The third kappa shape index (κ3) is 5.05. The molecule has 0 unspecified atom stereocenters. The highest BCUT2D eigenvalue weighted by atomic mass is 19.4. The third-order valence-electron chi connectivity index (χ3n) is 2.51. The fourth-order valence-electron chi connectivity index (χ4n) is 1.79. The lowest BCUT2D eigenvalue weighted by atomic mass is 9.98. The number of hydrogen-bond acceptors (Lipinski definition) is 4. The molecule has 0 saturated carbocycles. The second-order valence-corrected chi connectivity index (χ2v) is 4.11. The monoisotopic (exact) mass is 341 g/mol. The van der Waals surface area contributed by atoms with Crippen LogP contribution in [0.3, 0.4) is 0 Å². The summed E-state index contributed by atoms with van der Waals surface area (Å²) in [4.78, 5) is 11.3. The van der Waals surface area contributed by atoms with Gasteiger partial charge in [-0.1, -0.05) is 6.07 Å². The highest BCUT2D eigenvalue weighted by Gasteiger charge is 2.40. The van der Waals surface area contributed by atoms with E-state index in [4.69, 9.17) is 5.26 Å². The minimum absolute atomic E-state index is 0.0828. The first kappa shape index (κ1) is 18.6. The van der Waals surface area contributed by atoms with E-state index in [1.807, 2.05) is 0 Å². The van der Waals surface area contributed by atoms with Crippen LogP contribution in [-0.2, 0) is 22.1 Å². The van der Waals surface area contributed by atoms with Gasteiger partial charge in [0.15, 0.2) is 0 Å². The molecule has 126 valence electrons. The van der Waals surface area contributed by atoms with Gasteiger partial charge in [-0.3, -0.25) is 4.79 Å². The number of carbonyl (C=O) groups is 1. The summed E-state index contributed by atoms with van der Waals surface area (Å²) >= 11 is 0. The van der Waals surface area contributed by atoms with Crippen LogP contribution in [0.2, 0.25) is 0 Å². The predicted molar refractivity (Wildman–Crippen MR) is 63.2 cm³/mol. The molecule has 1 rings (SSSR count). The number of halogens is 6. The van der Waals surface area contributed by atoms with Gasteiger partial charge < -0.3 is 9.47 Å². The molecule has 0 aromatic heterocycles. The maximum Gasteiger partial charge on any atom is 0.573 e. The summed E-state index contributed by atoms with van der Waals surface area (Å²) in [5.41, 5.74) is -3.69. The summed E-state index contributed by atoms with van der Waals surface area (Å²) < 4.78 is 83.9. The molecule has 0 saturated heterocycles. The molecule has 0 amide bonds. The van der Waals surface area contributed by atoms with Crippen molar-refractivity contribution in [3.05, 3.63) is 28.8 Å². The standard InChI is InChI=1S/C13H9F6NO3/c1-2-22-10(21)5-7-3-4-9(23-13(17,18)19)8(6-20)11(7)12(14,15)16/h3-4H,2,5H2,1H3. The summed E-state index contributed by atoms with van der Waals surface area (Å²) in [5.74, 6) is -2.30. The minimum atomic E-state index is -5.27. The highest BCUT2D eigenvalue weighted by molar-refractivity contribution is 5.74. The lowest BCUT2D eigenvalue weighted by Crippen LogP contribution is -2.21. The molecule has 0 spiro atoms. The molecule has 23 heavy (non-hydrogen) atoms. The van der Waals surface area contributed by atoms with E-state index < -0.39 is 47.4 Å². The molecule has 10 heteroatoms. The summed E-state index contributed by atoms with van der Waals surface area (Å²) in [6.07, 6.45) is -11.3. The Labute approximate surface area is 126 Å². The molecule has 4 nitrogen and oxygen atoms in total. The van der Waals surface area contributed by atoms with Gasteiger partial charge in [0, 0.05) is 0 Å². The van der Waals surface area contributed by atoms with Crippen molar-refractivity contribution in [1.29, 1.82) is 5.26 Å². The minimum Gasteiger partial charge on any atom is -0.466 e. The smallest absolute Gasteiger partial charge is 0.466 e. The number of esters is 1. The highest BCUT2D eigenvalue weighted by Crippen LogP contribution is 2.40. The Bertz CT molecular complexity index is 630. The fraction of sp³-hybridized carbons (Fsp3) is 0.385. The molecule has 1 aromatic carbocycles. The second kappa shape index (κ2) is 6.76. The Balaban J connectivity index is 3.45. The zero-order chi connectivity index (χ0) is 17.8. The maximum atomic E-state index is 13.1. The van der Waals surface area contributed by atoms with Crippen LogP contribution < -0.4 is 4.74 Å². The molecule has 0 bridgehead atoms. The van der Waals surface area contributed by atoms with Gasteiger partial charge in [0.25, 0.3) is 0 Å². The summed E-state index contributed by atoms with van der Waals surface area (Å²) in [6, 6.07) is 2.23. The van der Waals surface area contributed by atoms with E-state index in [-0.39, 0.29) is 6.61 Å². The van der Waals surface area contributed by atoms with Gasteiger partial charge in [-0.2, -0.15) is 18.4 Å². The van der Waals surface area contributed by atoms with Gasteiger partial charge in [-0.05, 0) is 18.6 Å². The van der Waals surface area contributed by atoms with Crippen LogP contribution in [0.5, 0.6) is 5.75 Å². The van der Waals surface area contributed by atoms with Gasteiger partial charge in [0.2, 0.25) is 0 Å². The number of rotatable bonds is 4. The Hall–Kier alpha value is -2.44. The van der Waals surface area contributed by atoms with E-state index in [0.717, 1.165) is 6.07 Å². The first-order valence-corrected chi connectivity index (χ1v) is 6.04. The van der Waals surface area contributed by atoms with Crippen molar-refractivity contribution >= 4 is 5.97 Å². The first-order chi connectivity index (χ1) is 10.5. The Kier molecular flexibility index (Phi) is 5.47. The molecule has 0 N–H and O–H groups in total. The van der Waals surface area contributed by atoms with E-state index in [2.05, 4.69) is 9.47 Å². The topological polar surface area (TPSA) is 59.3 Å². The van der Waals surface area contributed by atoms with E-state index >= 15 is 0 Å². The van der Waals surface area contributed by atoms with E-state index in [9.17, 15) is 31.1 Å². The molecular formula is C13H9F6NO3. The van der Waals surface area contributed by atoms with Crippen LogP contribution in [0.25, 0.3) is 0 Å². The summed E-state index contributed by atoms with van der Waals surface area (Å²) in [5, 5.41) is 8.81. The number of benzene rings is 1. The third-order valence-corrected chi connectivity index (χ3v) is 2.51. The van der Waals surface area contributed by atoms with Crippen molar-refractivity contribution in [2.75, 3.05) is 6.61 Å². The van der Waals surface area contributed by atoms with E-state index in [1.54, 1.807) is 0 Å². The van der Waals surface area contributed by atoms with Crippen molar-refractivity contribution in [3.8, 4) is 11.8 Å². The van der Waals surface area contributed by atoms with E-state index in [0.29, 0.717) is 12.1 Å². The van der Waals surface area contributed by atoms with Gasteiger partial charge in [0.1, 0.15) is 17.4 Å². The zero-order valence-electron chi connectivity index (χ0n) is 11.5.